The van der Waals surface area contributed by atoms with Crippen LogP contribution in [-0.4, -0.2) is 26.4 Å². The SMILES string of the molecule is O=C1CC(c2cnn(Cc3nc(-c4cccc(C(F)(F)F)c4)cs3)c2)=NN1. The van der Waals surface area contributed by atoms with Crippen LogP contribution in [-0.2, 0) is 17.5 Å². The van der Waals surface area contributed by atoms with E-state index in [1.165, 1.54) is 17.4 Å². The Hall–Kier alpha value is -3.01. The maximum absolute atomic E-state index is 12.9. The van der Waals surface area contributed by atoms with Crippen molar-refractivity contribution >= 4 is 23.0 Å². The van der Waals surface area contributed by atoms with Crippen molar-refractivity contribution in [3.8, 4) is 11.3 Å². The number of nitrogens with zero attached hydrogens (tertiary/aromatic N) is 4. The Morgan fingerprint density at radius 2 is 2.11 bits per heavy atom. The number of halogens is 3. The van der Waals surface area contributed by atoms with Crippen molar-refractivity contribution < 1.29 is 18.0 Å². The van der Waals surface area contributed by atoms with Crippen LogP contribution in [0.1, 0.15) is 22.6 Å². The van der Waals surface area contributed by atoms with Gasteiger partial charge in [-0.3, -0.25) is 9.48 Å². The second kappa shape index (κ2) is 6.62. The van der Waals surface area contributed by atoms with E-state index in [0.717, 1.165) is 17.7 Å². The summed E-state index contributed by atoms with van der Waals surface area (Å²) < 4.78 is 40.2. The Bertz CT molecular complexity index is 1040. The zero-order valence-corrected chi connectivity index (χ0v) is 14.5. The summed E-state index contributed by atoms with van der Waals surface area (Å²) in [6, 6.07) is 5.09. The number of amides is 1. The van der Waals surface area contributed by atoms with Gasteiger partial charge in [0.25, 0.3) is 0 Å². The van der Waals surface area contributed by atoms with Crippen LogP contribution in [0.3, 0.4) is 0 Å². The number of alkyl halides is 3. The molecule has 0 unspecified atom stereocenters. The van der Waals surface area contributed by atoms with Crippen molar-refractivity contribution in [1.29, 1.82) is 0 Å². The first-order valence-corrected chi connectivity index (χ1v) is 8.77. The van der Waals surface area contributed by atoms with Crippen LogP contribution in [0.2, 0.25) is 0 Å². The normalized spacial score (nSPS) is 14.3. The van der Waals surface area contributed by atoms with Crippen molar-refractivity contribution in [2.45, 2.75) is 19.1 Å². The molecule has 138 valence electrons. The monoisotopic (exact) mass is 391 g/mol. The molecule has 1 amide bonds. The predicted molar refractivity (Wildman–Crippen MR) is 93.2 cm³/mol. The minimum atomic E-state index is -4.39. The van der Waals surface area contributed by atoms with Gasteiger partial charge in [0.15, 0.2) is 0 Å². The summed E-state index contributed by atoms with van der Waals surface area (Å²) in [6.07, 6.45) is -0.812. The van der Waals surface area contributed by atoms with Crippen LogP contribution in [0.25, 0.3) is 11.3 Å². The van der Waals surface area contributed by atoms with Gasteiger partial charge in [0.05, 0.1) is 36.1 Å². The van der Waals surface area contributed by atoms with E-state index in [1.54, 1.807) is 28.5 Å². The largest absolute Gasteiger partial charge is 0.416 e. The molecule has 3 heterocycles. The van der Waals surface area contributed by atoms with Gasteiger partial charge < -0.3 is 0 Å². The number of hydrogen-bond donors (Lipinski definition) is 1. The van der Waals surface area contributed by atoms with Gasteiger partial charge in [-0.1, -0.05) is 12.1 Å². The van der Waals surface area contributed by atoms with E-state index in [9.17, 15) is 18.0 Å². The van der Waals surface area contributed by atoms with E-state index < -0.39 is 11.7 Å². The van der Waals surface area contributed by atoms with Gasteiger partial charge in [-0.05, 0) is 12.1 Å². The van der Waals surface area contributed by atoms with Gasteiger partial charge >= 0.3 is 6.18 Å². The highest BCUT2D eigenvalue weighted by Crippen LogP contribution is 2.32. The zero-order chi connectivity index (χ0) is 19.0. The lowest BCUT2D eigenvalue weighted by Gasteiger charge is -2.07. The number of hydrogen-bond acceptors (Lipinski definition) is 5. The highest BCUT2D eigenvalue weighted by molar-refractivity contribution is 7.09. The Morgan fingerprint density at radius 1 is 1.26 bits per heavy atom. The van der Waals surface area contributed by atoms with Crippen LogP contribution in [0.15, 0.2) is 47.1 Å². The maximum atomic E-state index is 12.9. The van der Waals surface area contributed by atoms with Crippen LogP contribution in [0, 0.1) is 0 Å². The summed E-state index contributed by atoms with van der Waals surface area (Å²) in [5.74, 6) is -0.164. The van der Waals surface area contributed by atoms with Crippen molar-refractivity contribution in [3.05, 3.63) is 58.2 Å². The first-order valence-electron chi connectivity index (χ1n) is 7.89. The fourth-order valence-corrected chi connectivity index (χ4v) is 3.43. The van der Waals surface area contributed by atoms with Crippen molar-refractivity contribution in [2.24, 2.45) is 5.10 Å². The minimum absolute atomic E-state index is 0.164. The second-order valence-corrected chi connectivity index (χ2v) is 6.84. The van der Waals surface area contributed by atoms with Crippen LogP contribution >= 0.6 is 11.3 Å². The number of nitrogens with one attached hydrogen (secondary N) is 1. The molecule has 0 atom stereocenters. The van der Waals surface area contributed by atoms with E-state index in [4.69, 9.17) is 0 Å². The molecule has 2 aromatic heterocycles. The highest BCUT2D eigenvalue weighted by Gasteiger charge is 2.30. The average Bonchev–Trinajstić information content (AvgIpc) is 3.36. The molecule has 10 heteroatoms. The van der Waals surface area contributed by atoms with E-state index >= 15 is 0 Å². The molecule has 3 aromatic rings. The first kappa shape index (κ1) is 17.4. The van der Waals surface area contributed by atoms with Gasteiger partial charge in [0.2, 0.25) is 5.91 Å². The molecule has 0 bridgehead atoms. The molecule has 0 saturated heterocycles. The third-order valence-electron chi connectivity index (χ3n) is 3.94. The Labute approximate surface area is 155 Å². The highest BCUT2D eigenvalue weighted by atomic mass is 32.1. The molecule has 27 heavy (non-hydrogen) atoms. The molecule has 4 rings (SSSR count). The lowest BCUT2D eigenvalue weighted by Crippen LogP contribution is -2.09. The smallest absolute Gasteiger partial charge is 0.273 e. The van der Waals surface area contributed by atoms with Crippen LogP contribution in [0.5, 0.6) is 0 Å². The zero-order valence-electron chi connectivity index (χ0n) is 13.7. The lowest BCUT2D eigenvalue weighted by atomic mass is 10.1. The molecule has 0 radical (unpaired) electrons. The molecule has 1 aromatic carbocycles. The number of thiazole rings is 1. The summed E-state index contributed by atoms with van der Waals surface area (Å²) in [5.41, 5.74) is 3.95. The second-order valence-electron chi connectivity index (χ2n) is 5.90. The number of carbonyl (C=O) groups excluding carboxylic acids is 1. The Balaban J connectivity index is 1.51. The van der Waals surface area contributed by atoms with E-state index in [-0.39, 0.29) is 12.3 Å². The summed E-state index contributed by atoms with van der Waals surface area (Å²) in [7, 11) is 0. The molecule has 0 fully saturated rings. The molecule has 6 nitrogen and oxygen atoms in total. The predicted octanol–water partition coefficient (Wildman–Crippen LogP) is 3.30. The lowest BCUT2D eigenvalue weighted by molar-refractivity contribution is -0.137. The van der Waals surface area contributed by atoms with Crippen molar-refractivity contribution in [1.82, 2.24) is 20.2 Å². The van der Waals surface area contributed by atoms with E-state index in [2.05, 4.69) is 20.6 Å². The van der Waals surface area contributed by atoms with E-state index in [0.29, 0.717) is 28.5 Å². The van der Waals surface area contributed by atoms with Gasteiger partial charge in [0.1, 0.15) is 5.01 Å². The third-order valence-corrected chi connectivity index (χ3v) is 4.78. The summed E-state index contributed by atoms with van der Waals surface area (Å²) in [4.78, 5) is 15.6. The average molecular weight is 391 g/mol. The fraction of sp³-hybridized carbons (Fsp3) is 0.176. The van der Waals surface area contributed by atoms with Crippen molar-refractivity contribution in [3.63, 3.8) is 0 Å². The third kappa shape index (κ3) is 3.75. The minimum Gasteiger partial charge on any atom is -0.273 e. The molecule has 0 aliphatic carbocycles. The number of hydrazone groups is 1. The van der Waals surface area contributed by atoms with Crippen molar-refractivity contribution in [2.75, 3.05) is 0 Å². The molecule has 1 aliphatic rings. The van der Waals surface area contributed by atoms with Gasteiger partial charge in [-0.15, -0.1) is 11.3 Å². The van der Waals surface area contributed by atoms with E-state index in [1.807, 2.05) is 0 Å². The summed E-state index contributed by atoms with van der Waals surface area (Å²) in [5, 5.41) is 10.6. The summed E-state index contributed by atoms with van der Waals surface area (Å²) >= 11 is 1.34. The quantitative estimate of drug-likeness (QED) is 0.742. The Morgan fingerprint density at radius 3 is 2.85 bits per heavy atom. The maximum Gasteiger partial charge on any atom is 0.416 e. The molecule has 1 N–H and O–H groups in total. The molecule has 0 saturated carbocycles. The summed E-state index contributed by atoms with van der Waals surface area (Å²) in [6.45, 7) is 0.373. The molecule has 0 spiro atoms. The van der Waals surface area contributed by atoms with Gasteiger partial charge in [0, 0.05) is 22.7 Å². The molecular formula is C17H12F3N5OS. The molecule has 1 aliphatic heterocycles. The standard InChI is InChI=1S/C17H12F3N5OS/c18-17(19,20)12-3-1-2-10(4-12)14-9-27-16(22-14)8-25-7-11(6-21-25)13-5-15(26)24-23-13/h1-4,6-7,9H,5,8H2,(H,24,26). The van der Waals surface area contributed by atoms with Gasteiger partial charge in [-0.25, -0.2) is 10.4 Å². The topological polar surface area (TPSA) is 72.2 Å². The number of aromatic nitrogens is 3. The van der Waals surface area contributed by atoms with Crippen LogP contribution in [0.4, 0.5) is 13.2 Å². The van der Waals surface area contributed by atoms with Crippen LogP contribution < -0.4 is 5.43 Å². The first-order chi connectivity index (χ1) is 12.9. The van der Waals surface area contributed by atoms with Gasteiger partial charge in [-0.2, -0.15) is 23.4 Å². The number of benzene rings is 1. The Kier molecular flexibility index (Phi) is 4.27. The number of carbonyl (C=O) groups is 1. The fourth-order valence-electron chi connectivity index (χ4n) is 2.64. The molecular weight excluding hydrogens is 379 g/mol. The number of rotatable bonds is 4.